The Hall–Kier alpha value is -1.74. The topological polar surface area (TPSA) is 12.0 Å². The minimum atomic E-state index is -0.813. The van der Waals surface area contributed by atoms with Gasteiger partial charge in [-0.3, -0.25) is 0 Å². The van der Waals surface area contributed by atoms with E-state index >= 15 is 0 Å². The van der Waals surface area contributed by atoms with Crippen LogP contribution in [-0.4, -0.2) is 6.04 Å². The third-order valence-corrected chi connectivity index (χ3v) is 3.25. The number of benzene rings is 2. The van der Waals surface area contributed by atoms with Crippen molar-refractivity contribution < 1.29 is 8.78 Å². The molecule has 0 bridgehead atoms. The maximum absolute atomic E-state index is 13.8. The summed E-state index contributed by atoms with van der Waals surface area (Å²) in [5.74, 6) is -1.60. The van der Waals surface area contributed by atoms with Crippen molar-refractivity contribution in [3.8, 4) is 11.1 Å². The van der Waals surface area contributed by atoms with E-state index in [0.29, 0.717) is 11.6 Å². The molecular formula is C17H19F2N. The quantitative estimate of drug-likeness (QED) is 0.870. The molecule has 0 atom stereocenters. The van der Waals surface area contributed by atoms with Gasteiger partial charge in [0.05, 0.1) is 0 Å². The minimum Gasteiger partial charge on any atom is -0.310 e. The molecule has 0 saturated heterocycles. The summed E-state index contributed by atoms with van der Waals surface area (Å²) in [5, 5.41) is 3.33. The fourth-order valence-corrected chi connectivity index (χ4v) is 2.17. The smallest absolute Gasteiger partial charge is 0.166 e. The van der Waals surface area contributed by atoms with Gasteiger partial charge >= 0.3 is 0 Å². The van der Waals surface area contributed by atoms with Gasteiger partial charge in [0, 0.05) is 18.2 Å². The molecule has 2 rings (SSSR count). The van der Waals surface area contributed by atoms with Crippen LogP contribution in [0.5, 0.6) is 0 Å². The van der Waals surface area contributed by atoms with Crippen LogP contribution >= 0.6 is 0 Å². The Morgan fingerprint density at radius 3 is 2.45 bits per heavy atom. The maximum atomic E-state index is 13.8. The summed E-state index contributed by atoms with van der Waals surface area (Å²) in [7, 11) is 0. The molecule has 0 spiro atoms. The number of nitrogens with one attached hydrogen (secondary N) is 1. The van der Waals surface area contributed by atoms with Gasteiger partial charge in [-0.15, -0.1) is 0 Å². The second-order valence-corrected chi connectivity index (χ2v) is 5.29. The van der Waals surface area contributed by atoms with Crippen LogP contribution < -0.4 is 5.32 Å². The first-order valence-corrected chi connectivity index (χ1v) is 6.76. The van der Waals surface area contributed by atoms with Crippen molar-refractivity contribution in [2.45, 2.75) is 33.4 Å². The molecule has 2 aromatic rings. The van der Waals surface area contributed by atoms with E-state index in [9.17, 15) is 8.78 Å². The highest BCUT2D eigenvalue weighted by atomic mass is 19.2. The van der Waals surface area contributed by atoms with Gasteiger partial charge in [0.25, 0.3) is 0 Å². The normalized spacial score (nSPS) is 11.1. The lowest BCUT2D eigenvalue weighted by Gasteiger charge is -2.12. The van der Waals surface area contributed by atoms with Crippen LogP contribution in [0.2, 0.25) is 0 Å². The molecule has 0 radical (unpaired) electrons. The minimum absolute atomic E-state index is 0.311. The molecule has 0 aromatic heterocycles. The van der Waals surface area contributed by atoms with E-state index in [-0.39, 0.29) is 0 Å². The van der Waals surface area contributed by atoms with Crippen LogP contribution in [0.4, 0.5) is 8.78 Å². The first kappa shape index (κ1) is 14.7. The third-order valence-electron chi connectivity index (χ3n) is 3.25. The number of rotatable bonds is 4. The van der Waals surface area contributed by atoms with Crippen molar-refractivity contribution >= 4 is 0 Å². The molecule has 0 heterocycles. The highest BCUT2D eigenvalue weighted by Gasteiger charge is 2.11. The van der Waals surface area contributed by atoms with E-state index in [2.05, 4.69) is 19.2 Å². The van der Waals surface area contributed by atoms with Crippen molar-refractivity contribution in [1.82, 2.24) is 5.32 Å². The van der Waals surface area contributed by atoms with Gasteiger partial charge in [0.1, 0.15) is 0 Å². The molecule has 1 N–H and O–H groups in total. The molecule has 0 amide bonds. The van der Waals surface area contributed by atoms with Gasteiger partial charge in [-0.25, -0.2) is 8.78 Å². The van der Waals surface area contributed by atoms with Crippen LogP contribution in [-0.2, 0) is 6.54 Å². The van der Waals surface area contributed by atoms with Crippen molar-refractivity contribution in [1.29, 1.82) is 0 Å². The first-order valence-electron chi connectivity index (χ1n) is 6.76. The van der Waals surface area contributed by atoms with Gasteiger partial charge in [-0.2, -0.15) is 0 Å². The van der Waals surface area contributed by atoms with E-state index in [1.54, 1.807) is 6.07 Å². The zero-order valence-corrected chi connectivity index (χ0v) is 12.0. The Bertz CT molecular complexity index is 606. The zero-order valence-electron chi connectivity index (χ0n) is 12.0. The third kappa shape index (κ3) is 3.23. The number of hydrogen-bond donors (Lipinski definition) is 1. The summed E-state index contributed by atoms with van der Waals surface area (Å²) in [5.41, 5.74) is 3.12. The Morgan fingerprint density at radius 2 is 1.80 bits per heavy atom. The molecule has 3 heteroatoms. The molecule has 106 valence electrons. The molecule has 0 aliphatic rings. The van der Waals surface area contributed by atoms with Crippen molar-refractivity contribution in [2.75, 3.05) is 0 Å². The van der Waals surface area contributed by atoms with E-state index in [1.165, 1.54) is 6.07 Å². The lowest BCUT2D eigenvalue weighted by Crippen LogP contribution is -2.21. The fourth-order valence-electron chi connectivity index (χ4n) is 2.17. The molecular weight excluding hydrogens is 256 g/mol. The average Bonchev–Trinajstić information content (AvgIpc) is 2.40. The second-order valence-electron chi connectivity index (χ2n) is 5.29. The van der Waals surface area contributed by atoms with E-state index in [4.69, 9.17) is 0 Å². The largest absolute Gasteiger partial charge is 0.310 e. The molecule has 0 aliphatic carbocycles. The van der Waals surface area contributed by atoms with Gasteiger partial charge in [-0.1, -0.05) is 44.2 Å². The second kappa shape index (κ2) is 6.14. The lowest BCUT2D eigenvalue weighted by atomic mass is 9.98. The number of aryl methyl sites for hydroxylation is 1. The highest BCUT2D eigenvalue weighted by molar-refractivity contribution is 5.68. The number of hydrogen-bond acceptors (Lipinski definition) is 1. The summed E-state index contributed by atoms with van der Waals surface area (Å²) >= 11 is 0. The van der Waals surface area contributed by atoms with Gasteiger partial charge in [-0.05, 0) is 29.7 Å². The molecule has 0 unspecified atom stereocenters. The van der Waals surface area contributed by atoms with Crippen LogP contribution in [0.3, 0.4) is 0 Å². The molecule has 0 saturated carbocycles. The van der Waals surface area contributed by atoms with Crippen LogP contribution in [0.15, 0.2) is 36.4 Å². The Morgan fingerprint density at radius 1 is 1.05 bits per heavy atom. The van der Waals surface area contributed by atoms with Crippen LogP contribution in [0, 0.1) is 18.6 Å². The maximum Gasteiger partial charge on any atom is 0.166 e. The van der Waals surface area contributed by atoms with Crippen molar-refractivity contribution in [3.05, 3.63) is 59.2 Å². The summed E-state index contributed by atoms with van der Waals surface area (Å²) in [4.78, 5) is 0. The van der Waals surface area contributed by atoms with E-state index < -0.39 is 11.6 Å². The first-order chi connectivity index (χ1) is 9.49. The molecule has 20 heavy (non-hydrogen) atoms. The predicted octanol–water partition coefficient (Wildman–Crippen LogP) is 4.44. The Kier molecular flexibility index (Phi) is 4.50. The Labute approximate surface area is 118 Å². The van der Waals surface area contributed by atoms with Crippen molar-refractivity contribution in [2.24, 2.45) is 0 Å². The van der Waals surface area contributed by atoms with Gasteiger partial charge in [0.15, 0.2) is 11.6 Å². The average molecular weight is 275 g/mol. The molecule has 0 aliphatic heterocycles. The van der Waals surface area contributed by atoms with Crippen LogP contribution in [0.25, 0.3) is 11.1 Å². The fraction of sp³-hybridized carbons (Fsp3) is 0.294. The lowest BCUT2D eigenvalue weighted by molar-refractivity contribution is 0.511. The summed E-state index contributed by atoms with van der Waals surface area (Å²) in [6.07, 6.45) is 0. The van der Waals surface area contributed by atoms with E-state index in [1.807, 2.05) is 25.1 Å². The Balaban J connectivity index is 2.32. The molecule has 2 aromatic carbocycles. The summed E-state index contributed by atoms with van der Waals surface area (Å²) < 4.78 is 27.1. The van der Waals surface area contributed by atoms with Gasteiger partial charge in [0.2, 0.25) is 0 Å². The molecule has 0 fully saturated rings. The zero-order chi connectivity index (χ0) is 14.7. The number of halogens is 2. The summed E-state index contributed by atoms with van der Waals surface area (Å²) in [6.45, 7) is 6.86. The standard InChI is InChI=1S/C17H19F2N/c1-11(2)20-10-13-7-8-14(12(3)9-13)15-5-4-6-16(18)17(15)19/h4-9,11,20H,10H2,1-3H3. The van der Waals surface area contributed by atoms with E-state index in [0.717, 1.165) is 29.3 Å². The van der Waals surface area contributed by atoms with Gasteiger partial charge < -0.3 is 5.32 Å². The SMILES string of the molecule is Cc1cc(CNC(C)C)ccc1-c1cccc(F)c1F. The highest BCUT2D eigenvalue weighted by Crippen LogP contribution is 2.28. The summed E-state index contributed by atoms with van der Waals surface area (Å²) in [6, 6.07) is 10.5. The van der Waals surface area contributed by atoms with Crippen molar-refractivity contribution in [3.63, 3.8) is 0 Å². The van der Waals surface area contributed by atoms with Crippen LogP contribution in [0.1, 0.15) is 25.0 Å². The predicted molar refractivity (Wildman–Crippen MR) is 78.5 cm³/mol. The monoisotopic (exact) mass is 275 g/mol. The molecule has 1 nitrogen and oxygen atoms in total.